The van der Waals surface area contributed by atoms with E-state index in [1.165, 1.54) is 6.92 Å². The number of hydrogen-bond acceptors (Lipinski definition) is 4. The molecule has 0 bridgehead atoms. The summed E-state index contributed by atoms with van der Waals surface area (Å²) in [5, 5.41) is 11.2. The van der Waals surface area contributed by atoms with Crippen LogP contribution in [0.1, 0.15) is 47.0 Å². The molecule has 0 amide bonds. The predicted molar refractivity (Wildman–Crippen MR) is 77.4 cm³/mol. The van der Waals surface area contributed by atoms with Crippen molar-refractivity contribution in [1.82, 2.24) is 0 Å². The van der Waals surface area contributed by atoms with E-state index in [0.717, 1.165) is 19.1 Å². The summed E-state index contributed by atoms with van der Waals surface area (Å²) in [6, 6.07) is 0. The number of fused-ring (bicyclic) bond motifs is 3. The molecule has 0 radical (unpaired) electrons. The molecule has 0 saturated heterocycles. The van der Waals surface area contributed by atoms with E-state index in [0.29, 0.717) is 23.8 Å². The van der Waals surface area contributed by atoms with Crippen LogP contribution >= 0.6 is 0 Å². The lowest BCUT2D eigenvalue weighted by molar-refractivity contribution is -0.256. The highest BCUT2D eigenvalue weighted by Crippen LogP contribution is 2.68. The van der Waals surface area contributed by atoms with Crippen molar-refractivity contribution in [1.29, 1.82) is 0 Å². The van der Waals surface area contributed by atoms with Gasteiger partial charge in [0.15, 0.2) is 0 Å². The molecule has 1 N–H and O–H groups in total. The molecular weight excluding hydrogens is 268 g/mol. The second kappa shape index (κ2) is 4.19. The number of hydrogen-bond donors (Lipinski definition) is 1. The maximum absolute atomic E-state index is 11.5. The van der Waals surface area contributed by atoms with Crippen molar-refractivity contribution in [3.8, 4) is 0 Å². The lowest BCUT2D eigenvalue weighted by Crippen LogP contribution is -2.72. The number of aliphatic hydroxyl groups is 1. The van der Waals surface area contributed by atoms with Crippen molar-refractivity contribution in [2.45, 2.75) is 58.7 Å². The number of rotatable bonds is 2. The van der Waals surface area contributed by atoms with Crippen molar-refractivity contribution in [3.05, 3.63) is 11.6 Å². The fourth-order valence-electron chi connectivity index (χ4n) is 5.17. The van der Waals surface area contributed by atoms with Crippen LogP contribution in [0, 0.1) is 22.7 Å². The maximum atomic E-state index is 11.5. The molecule has 4 heteroatoms. The Kier molecular flexibility index (Phi) is 2.94. The van der Waals surface area contributed by atoms with Gasteiger partial charge in [0.1, 0.15) is 18.0 Å². The molecule has 2 fully saturated rings. The highest BCUT2D eigenvalue weighted by atomic mass is 16.6. The standard InChI is InChI=1S/C17H24O4/c1-10(19)21-14-8-16(4)13-7-15(2,3)6-11(13)5-12(9-18)17(14,16)20/h5,9,11,13-14,20H,6-8H2,1-4H3. The zero-order chi connectivity index (χ0) is 15.6. The molecule has 2 saturated carbocycles. The molecule has 0 spiro atoms. The van der Waals surface area contributed by atoms with E-state index in [1.54, 1.807) is 0 Å². The molecule has 0 aliphatic heterocycles. The number of esters is 1. The zero-order valence-electron chi connectivity index (χ0n) is 13.2. The van der Waals surface area contributed by atoms with Gasteiger partial charge in [0.2, 0.25) is 0 Å². The number of allylic oxidation sites excluding steroid dienone is 1. The van der Waals surface area contributed by atoms with E-state index >= 15 is 0 Å². The molecule has 3 aliphatic carbocycles. The summed E-state index contributed by atoms with van der Waals surface area (Å²) in [5.41, 5.74) is -1.07. The van der Waals surface area contributed by atoms with Gasteiger partial charge in [-0.15, -0.1) is 0 Å². The summed E-state index contributed by atoms with van der Waals surface area (Å²) >= 11 is 0. The molecule has 4 nitrogen and oxygen atoms in total. The zero-order valence-corrected chi connectivity index (χ0v) is 13.2. The smallest absolute Gasteiger partial charge is 0.303 e. The minimum atomic E-state index is -1.32. The van der Waals surface area contributed by atoms with Gasteiger partial charge in [-0.25, -0.2) is 0 Å². The average Bonchev–Trinajstić information content (AvgIpc) is 2.68. The lowest BCUT2D eigenvalue weighted by atomic mass is 9.44. The monoisotopic (exact) mass is 292 g/mol. The largest absolute Gasteiger partial charge is 0.459 e. The van der Waals surface area contributed by atoms with Gasteiger partial charge in [-0.2, -0.15) is 0 Å². The first-order valence-corrected chi connectivity index (χ1v) is 7.71. The molecule has 5 atom stereocenters. The van der Waals surface area contributed by atoms with Crippen molar-refractivity contribution in [3.63, 3.8) is 0 Å². The van der Waals surface area contributed by atoms with Crippen molar-refractivity contribution in [2.75, 3.05) is 0 Å². The average molecular weight is 292 g/mol. The predicted octanol–water partition coefficient (Wildman–Crippen LogP) is 2.25. The van der Waals surface area contributed by atoms with E-state index in [2.05, 4.69) is 13.8 Å². The van der Waals surface area contributed by atoms with E-state index in [4.69, 9.17) is 4.74 Å². The van der Waals surface area contributed by atoms with E-state index in [9.17, 15) is 14.7 Å². The third-order valence-electron chi connectivity index (χ3n) is 6.11. The Morgan fingerprint density at radius 2 is 2.00 bits per heavy atom. The van der Waals surface area contributed by atoms with Crippen LogP contribution in [0.5, 0.6) is 0 Å². The molecule has 3 aliphatic rings. The van der Waals surface area contributed by atoms with Gasteiger partial charge in [0.25, 0.3) is 0 Å². The van der Waals surface area contributed by atoms with Crippen LogP contribution in [0.4, 0.5) is 0 Å². The number of ether oxygens (including phenoxy) is 1. The summed E-state index contributed by atoms with van der Waals surface area (Å²) in [4.78, 5) is 22.8. The van der Waals surface area contributed by atoms with Gasteiger partial charge in [-0.05, 0) is 36.5 Å². The summed E-state index contributed by atoms with van der Waals surface area (Å²) in [6.07, 6.45) is 4.79. The van der Waals surface area contributed by atoms with Crippen LogP contribution in [0.15, 0.2) is 11.6 Å². The Hall–Kier alpha value is -1.16. The fourth-order valence-corrected chi connectivity index (χ4v) is 5.17. The van der Waals surface area contributed by atoms with Crippen LogP contribution < -0.4 is 0 Å². The molecule has 21 heavy (non-hydrogen) atoms. The first kappa shape index (κ1) is 14.8. The third-order valence-corrected chi connectivity index (χ3v) is 6.11. The van der Waals surface area contributed by atoms with Crippen LogP contribution in [-0.2, 0) is 14.3 Å². The summed E-state index contributed by atoms with van der Waals surface area (Å²) in [6.45, 7) is 7.87. The van der Waals surface area contributed by atoms with E-state index < -0.39 is 17.7 Å². The maximum Gasteiger partial charge on any atom is 0.303 e. The molecular formula is C17H24O4. The third kappa shape index (κ3) is 1.78. The van der Waals surface area contributed by atoms with E-state index in [1.807, 2.05) is 13.0 Å². The number of carbonyl (C=O) groups is 2. The fraction of sp³-hybridized carbons (Fsp3) is 0.765. The first-order chi connectivity index (χ1) is 9.64. The minimum Gasteiger partial charge on any atom is -0.459 e. The second-order valence-electron chi connectivity index (χ2n) is 8.07. The van der Waals surface area contributed by atoms with Crippen LogP contribution in [0.2, 0.25) is 0 Å². The molecule has 0 aromatic heterocycles. The lowest BCUT2D eigenvalue weighted by Gasteiger charge is -2.64. The van der Waals surface area contributed by atoms with Gasteiger partial charge >= 0.3 is 5.97 Å². The van der Waals surface area contributed by atoms with Gasteiger partial charge in [-0.3, -0.25) is 9.59 Å². The summed E-state index contributed by atoms with van der Waals surface area (Å²) in [5.74, 6) is 0.270. The Labute approximate surface area is 125 Å². The molecule has 116 valence electrons. The van der Waals surface area contributed by atoms with Crippen LogP contribution in [0.25, 0.3) is 0 Å². The SMILES string of the molecule is CC(=O)OC1CC2(C)C3CC(C)(C)CC3C=C(C=O)C12O. The minimum absolute atomic E-state index is 0.223. The second-order valence-corrected chi connectivity index (χ2v) is 8.07. The van der Waals surface area contributed by atoms with Crippen LogP contribution in [0.3, 0.4) is 0 Å². The Bertz CT molecular complexity index is 535. The van der Waals surface area contributed by atoms with E-state index in [-0.39, 0.29) is 10.8 Å². The van der Waals surface area contributed by atoms with Crippen molar-refractivity contribution >= 4 is 12.3 Å². The molecule has 5 unspecified atom stereocenters. The van der Waals surface area contributed by atoms with Crippen LogP contribution in [-0.4, -0.2) is 29.1 Å². The number of carbonyl (C=O) groups excluding carboxylic acids is 2. The van der Waals surface area contributed by atoms with Crippen molar-refractivity contribution < 1.29 is 19.4 Å². The summed E-state index contributed by atoms with van der Waals surface area (Å²) in [7, 11) is 0. The quantitative estimate of drug-likeness (QED) is 0.626. The Balaban J connectivity index is 2.01. The van der Waals surface area contributed by atoms with Gasteiger partial charge in [0.05, 0.1) is 0 Å². The van der Waals surface area contributed by atoms with Crippen molar-refractivity contribution in [2.24, 2.45) is 22.7 Å². The van der Waals surface area contributed by atoms with Gasteiger partial charge in [0, 0.05) is 17.9 Å². The highest BCUT2D eigenvalue weighted by molar-refractivity contribution is 5.79. The number of aldehydes is 1. The highest BCUT2D eigenvalue weighted by Gasteiger charge is 2.72. The first-order valence-electron chi connectivity index (χ1n) is 7.71. The molecule has 0 heterocycles. The topological polar surface area (TPSA) is 63.6 Å². The summed E-state index contributed by atoms with van der Waals surface area (Å²) < 4.78 is 5.27. The Morgan fingerprint density at radius 3 is 2.57 bits per heavy atom. The molecule has 0 aromatic rings. The normalized spacial score (nSPS) is 46.7. The van der Waals surface area contributed by atoms with Gasteiger partial charge in [-0.1, -0.05) is 26.8 Å². The Morgan fingerprint density at radius 1 is 1.33 bits per heavy atom. The molecule has 0 aromatic carbocycles. The van der Waals surface area contributed by atoms with Gasteiger partial charge < -0.3 is 9.84 Å². The molecule has 3 rings (SSSR count).